The molecular weight excluding hydrogens is 587 g/mol. The largest absolute Gasteiger partial charge is 0.492 e. The number of carbonyl (C=O) groups excluding carboxylic acids is 1. The van der Waals surface area contributed by atoms with Gasteiger partial charge >= 0.3 is 0 Å². The van der Waals surface area contributed by atoms with Crippen molar-refractivity contribution in [1.29, 1.82) is 0 Å². The molecule has 3 aromatic carbocycles. The Morgan fingerprint density at radius 2 is 1.72 bits per heavy atom. The third kappa shape index (κ3) is 6.73. The van der Waals surface area contributed by atoms with Gasteiger partial charge in [-0.1, -0.05) is 52.1 Å². The minimum Gasteiger partial charge on any atom is -0.492 e. The second-order valence-electron chi connectivity index (χ2n) is 8.05. The highest BCUT2D eigenvalue weighted by molar-refractivity contribution is 9.10. The van der Waals surface area contributed by atoms with Crippen molar-refractivity contribution in [2.24, 2.45) is 0 Å². The smallest absolute Gasteiger partial charge is 0.265 e. The van der Waals surface area contributed by atoms with Gasteiger partial charge in [0.25, 0.3) is 15.9 Å². The van der Waals surface area contributed by atoms with Crippen LogP contribution in [0.2, 0.25) is 10.0 Å². The maximum absolute atomic E-state index is 13.4. The predicted molar refractivity (Wildman–Crippen MR) is 149 cm³/mol. The molecule has 6 nitrogen and oxygen atoms in total. The molecule has 0 saturated heterocycles. The van der Waals surface area contributed by atoms with Gasteiger partial charge in [-0.3, -0.25) is 9.52 Å². The van der Waals surface area contributed by atoms with Crippen molar-refractivity contribution >= 4 is 60.7 Å². The number of hydrogen-bond donors (Lipinski definition) is 1. The van der Waals surface area contributed by atoms with E-state index in [-0.39, 0.29) is 22.6 Å². The molecule has 192 valence electrons. The summed E-state index contributed by atoms with van der Waals surface area (Å²) >= 11 is 15.5. The molecule has 0 bridgehead atoms. The summed E-state index contributed by atoms with van der Waals surface area (Å²) in [5.41, 5.74) is 1.64. The van der Waals surface area contributed by atoms with Gasteiger partial charge in [0, 0.05) is 22.3 Å². The van der Waals surface area contributed by atoms with Crippen LogP contribution in [0.5, 0.6) is 5.75 Å². The highest BCUT2D eigenvalue weighted by Gasteiger charge is 2.24. The molecular formula is C26H27BrCl2N2O4S. The number of halogens is 3. The zero-order valence-electron chi connectivity index (χ0n) is 20.1. The van der Waals surface area contributed by atoms with E-state index >= 15 is 0 Å². The molecule has 1 N–H and O–H groups in total. The normalized spacial score (nSPS) is 12.2. The minimum absolute atomic E-state index is 0.0171. The Labute approximate surface area is 230 Å². The number of nitrogens with zero attached hydrogens (tertiary/aromatic N) is 1. The number of sulfonamides is 1. The SMILES string of the molecule is CCCN(C(=O)c1ccc(NS(=O)(=O)c2cc(Br)ccc2OCC)cc1)C(C)c1ccc(Cl)c(Cl)c1. The van der Waals surface area contributed by atoms with Crippen LogP contribution >= 0.6 is 39.1 Å². The van der Waals surface area contributed by atoms with Crippen molar-refractivity contribution in [3.8, 4) is 5.75 Å². The monoisotopic (exact) mass is 612 g/mol. The Morgan fingerprint density at radius 1 is 1.03 bits per heavy atom. The first-order valence-corrected chi connectivity index (χ1v) is 14.4. The number of benzene rings is 3. The third-order valence-electron chi connectivity index (χ3n) is 5.50. The first-order valence-electron chi connectivity index (χ1n) is 11.4. The molecule has 0 spiro atoms. The minimum atomic E-state index is -3.93. The Morgan fingerprint density at radius 3 is 2.33 bits per heavy atom. The van der Waals surface area contributed by atoms with Crippen molar-refractivity contribution in [3.63, 3.8) is 0 Å². The fourth-order valence-electron chi connectivity index (χ4n) is 3.69. The van der Waals surface area contributed by atoms with Gasteiger partial charge in [0.1, 0.15) is 10.6 Å². The molecule has 36 heavy (non-hydrogen) atoms. The van der Waals surface area contributed by atoms with Crippen LogP contribution in [0, 0.1) is 0 Å². The molecule has 3 rings (SSSR count). The standard InChI is InChI=1S/C26H27BrCl2N2O4S/c1-4-14-31(17(3)19-8-12-22(28)23(29)15-19)26(32)18-6-10-21(11-7-18)30-36(33,34)25-16-20(27)9-13-24(25)35-5-2/h6-13,15-17,30H,4-5,14H2,1-3H3. The molecule has 0 radical (unpaired) electrons. The van der Waals surface area contributed by atoms with Gasteiger partial charge in [-0.05, 0) is 80.4 Å². The molecule has 0 heterocycles. The average Bonchev–Trinajstić information content (AvgIpc) is 2.85. The number of hydrogen-bond acceptors (Lipinski definition) is 4. The topological polar surface area (TPSA) is 75.7 Å². The summed E-state index contributed by atoms with van der Waals surface area (Å²) in [6, 6.07) is 16.2. The number of anilines is 1. The third-order valence-corrected chi connectivity index (χ3v) is 8.13. The van der Waals surface area contributed by atoms with E-state index in [9.17, 15) is 13.2 Å². The summed E-state index contributed by atoms with van der Waals surface area (Å²) in [6.07, 6.45) is 0.768. The predicted octanol–water partition coefficient (Wildman–Crippen LogP) is 7.57. The molecule has 3 aromatic rings. The molecule has 0 aromatic heterocycles. The molecule has 0 aliphatic heterocycles. The number of carbonyl (C=O) groups is 1. The fourth-order valence-corrected chi connectivity index (χ4v) is 5.74. The molecule has 1 atom stereocenters. The lowest BCUT2D eigenvalue weighted by molar-refractivity contribution is 0.0690. The summed E-state index contributed by atoms with van der Waals surface area (Å²) in [5, 5.41) is 0.884. The van der Waals surface area contributed by atoms with Crippen LogP contribution < -0.4 is 9.46 Å². The van der Waals surface area contributed by atoms with E-state index < -0.39 is 10.0 Å². The zero-order valence-corrected chi connectivity index (χ0v) is 24.0. The molecule has 1 amide bonds. The van der Waals surface area contributed by atoms with Crippen molar-refractivity contribution in [3.05, 3.63) is 86.3 Å². The molecule has 10 heteroatoms. The van der Waals surface area contributed by atoms with E-state index in [0.717, 1.165) is 12.0 Å². The number of ether oxygens (including phenoxy) is 1. The number of amides is 1. The molecule has 0 aliphatic carbocycles. The van der Waals surface area contributed by atoms with E-state index in [4.69, 9.17) is 27.9 Å². The summed E-state index contributed by atoms with van der Waals surface area (Å²) < 4.78 is 34.8. The van der Waals surface area contributed by atoms with Gasteiger partial charge in [0.05, 0.1) is 22.7 Å². The molecule has 0 aliphatic rings. The highest BCUT2D eigenvalue weighted by atomic mass is 79.9. The van der Waals surface area contributed by atoms with Gasteiger partial charge in [-0.25, -0.2) is 8.42 Å². The second-order valence-corrected chi connectivity index (χ2v) is 11.4. The first kappa shape index (κ1) is 28.3. The van der Waals surface area contributed by atoms with Crippen LogP contribution in [-0.4, -0.2) is 32.4 Å². The number of rotatable bonds is 10. The van der Waals surface area contributed by atoms with Crippen LogP contribution in [0.3, 0.4) is 0 Å². The zero-order chi connectivity index (χ0) is 26.5. The molecule has 1 unspecified atom stereocenters. The van der Waals surface area contributed by atoms with Crippen molar-refractivity contribution in [2.75, 3.05) is 17.9 Å². The number of nitrogens with one attached hydrogen (secondary N) is 1. The Hall–Kier alpha value is -2.26. The van der Waals surface area contributed by atoms with Gasteiger partial charge < -0.3 is 9.64 Å². The van der Waals surface area contributed by atoms with E-state index in [0.29, 0.717) is 38.9 Å². The Bertz CT molecular complexity index is 1330. The lowest BCUT2D eigenvalue weighted by Gasteiger charge is -2.30. The molecule has 0 fully saturated rings. The van der Waals surface area contributed by atoms with Crippen LogP contribution in [0.4, 0.5) is 5.69 Å². The lowest BCUT2D eigenvalue weighted by Crippen LogP contribution is -2.34. The lowest BCUT2D eigenvalue weighted by atomic mass is 10.0. The summed E-state index contributed by atoms with van der Waals surface area (Å²) in [5.74, 6) is 0.0851. The summed E-state index contributed by atoms with van der Waals surface area (Å²) in [7, 11) is -3.93. The Balaban J connectivity index is 1.83. The van der Waals surface area contributed by atoms with Crippen LogP contribution in [0.1, 0.15) is 49.2 Å². The van der Waals surface area contributed by atoms with E-state index in [2.05, 4.69) is 20.7 Å². The van der Waals surface area contributed by atoms with E-state index in [1.165, 1.54) is 6.07 Å². The van der Waals surface area contributed by atoms with E-state index in [1.807, 2.05) is 19.9 Å². The van der Waals surface area contributed by atoms with Gasteiger partial charge in [-0.15, -0.1) is 0 Å². The quantitative estimate of drug-likeness (QED) is 0.256. The second kappa shape index (κ2) is 12.3. The van der Waals surface area contributed by atoms with Crippen molar-refractivity contribution < 1.29 is 17.9 Å². The van der Waals surface area contributed by atoms with Gasteiger partial charge in [0.15, 0.2) is 0 Å². The van der Waals surface area contributed by atoms with Crippen LogP contribution in [0.25, 0.3) is 0 Å². The maximum atomic E-state index is 13.4. The fraction of sp³-hybridized carbons (Fsp3) is 0.269. The maximum Gasteiger partial charge on any atom is 0.265 e. The summed E-state index contributed by atoms with van der Waals surface area (Å²) in [4.78, 5) is 15.2. The summed E-state index contributed by atoms with van der Waals surface area (Å²) in [6.45, 7) is 6.58. The highest BCUT2D eigenvalue weighted by Crippen LogP contribution is 2.31. The van der Waals surface area contributed by atoms with Gasteiger partial charge in [-0.2, -0.15) is 0 Å². The van der Waals surface area contributed by atoms with Crippen LogP contribution in [-0.2, 0) is 10.0 Å². The van der Waals surface area contributed by atoms with Crippen molar-refractivity contribution in [2.45, 2.75) is 38.1 Å². The van der Waals surface area contributed by atoms with Crippen molar-refractivity contribution in [1.82, 2.24) is 4.90 Å². The van der Waals surface area contributed by atoms with E-state index in [1.54, 1.807) is 60.4 Å². The van der Waals surface area contributed by atoms with Gasteiger partial charge in [0.2, 0.25) is 0 Å². The average molecular weight is 614 g/mol. The van der Waals surface area contributed by atoms with Crippen LogP contribution in [0.15, 0.2) is 70.0 Å². The first-order chi connectivity index (χ1) is 17.1. The Kier molecular flexibility index (Phi) is 9.69. The molecule has 0 saturated carbocycles.